The molecule has 0 saturated carbocycles. The lowest BCUT2D eigenvalue weighted by Crippen LogP contribution is -2.06. The van der Waals surface area contributed by atoms with Crippen molar-refractivity contribution < 1.29 is 0 Å². The SMILES string of the molecule is O=c1nc(-c2ncccn2)c2c(=O)nc(-c3ncccn3)c1=2. The van der Waals surface area contributed by atoms with E-state index in [0.29, 0.717) is 0 Å². The van der Waals surface area contributed by atoms with Crippen molar-refractivity contribution >= 4 is 0 Å². The van der Waals surface area contributed by atoms with Gasteiger partial charge in [-0.2, -0.15) is 0 Å². The second-order valence-corrected chi connectivity index (χ2v) is 4.43. The maximum absolute atomic E-state index is 12.2. The third-order valence-electron chi connectivity index (χ3n) is 3.13. The van der Waals surface area contributed by atoms with Gasteiger partial charge in [-0.3, -0.25) is 9.59 Å². The lowest BCUT2D eigenvalue weighted by atomic mass is 10.2. The minimum atomic E-state index is -0.561. The van der Waals surface area contributed by atoms with E-state index in [0.717, 1.165) is 0 Å². The molecule has 2 aromatic rings. The van der Waals surface area contributed by atoms with Crippen LogP contribution in [0.3, 0.4) is 0 Å². The lowest BCUT2D eigenvalue weighted by Gasteiger charge is -1.91. The van der Waals surface area contributed by atoms with Crippen molar-refractivity contribution in [3.05, 3.63) is 68.1 Å². The Kier molecular flexibility index (Phi) is 2.55. The van der Waals surface area contributed by atoms with Gasteiger partial charge in [0.15, 0.2) is 11.6 Å². The Hall–Kier alpha value is -3.42. The van der Waals surface area contributed by atoms with Crippen molar-refractivity contribution in [3.63, 3.8) is 0 Å². The topological polar surface area (TPSA) is 111 Å². The van der Waals surface area contributed by atoms with Gasteiger partial charge in [0, 0.05) is 24.8 Å². The molecule has 0 radical (unpaired) electrons. The largest absolute Gasteiger partial charge is 0.280 e. The molecule has 0 aromatic carbocycles. The Labute approximate surface area is 122 Å². The van der Waals surface area contributed by atoms with Gasteiger partial charge in [-0.05, 0) is 12.1 Å². The average molecular weight is 290 g/mol. The molecule has 4 rings (SSSR count). The van der Waals surface area contributed by atoms with Crippen molar-refractivity contribution in [2.45, 2.75) is 0 Å². The predicted octanol–water partition coefficient (Wildman–Crippen LogP) is -0.289. The van der Waals surface area contributed by atoms with Crippen LogP contribution in [-0.2, 0) is 0 Å². The van der Waals surface area contributed by atoms with Gasteiger partial charge in [0.1, 0.15) is 11.4 Å². The second-order valence-electron chi connectivity index (χ2n) is 4.43. The molecular weight excluding hydrogens is 284 g/mol. The van der Waals surface area contributed by atoms with E-state index in [2.05, 4.69) is 29.9 Å². The van der Waals surface area contributed by atoms with Crippen molar-refractivity contribution in [1.29, 1.82) is 0 Å². The molecule has 0 atom stereocenters. The highest BCUT2D eigenvalue weighted by Gasteiger charge is 2.21. The van der Waals surface area contributed by atoms with Gasteiger partial charge in [-0.15, -0.1) is 0 Å². The van der Waals surface area contributed by atoms with E-state index < -0.39 is 11.1 Å². The summed E-state index contributed by atoms with van der Waals surface area (Å²) in [5.74, 6) is 0.416. The van der Waals surface area contributed by atoms with Crippen LogP contribution in [0, 0.1) is 10.4 Å². The van der Waals surface area contributed by atoms with E-state index in [9.17, 15) is 9.59 Å². The summed E-state index contributed by atoms with van der Waals surface area (Å²) in [6.07, 6.45) is 6.04. The first-order valence-electron chi connectivity index (χ1n) is 6.31. The van der Waals surface area contributed by atoms with Crippen molar-refractivity contribution in [3.8, 4) is 23.0 Å². The minimum Gasteiger partial charge on any atom is -0.267 e. The smallest absolute Gasteiger partial charge is 0.267 e. The lowest BCUT2D eigenvalue weighted by molar-refractivity contribution is 1.11. The van der Waals surface area contributed by atoms with Crippen LogP contribution >= 0.6 is 0 Å². The molecule has 8 heteroatoms. The van der Waals surface area contributed by atoms with Crippen LogP contribution in [0.15, 0.2) is 46.5 Å². The number of nitrogens with zero attached hydrogens (tertiary/aromatic N) is 6. The molecule has 0 saturated heterocycles. The van der Waals surface area contributed by atoms with Gasteiger partial charge in [0.05, 0.1) is 10.4 Å². The minimum absolute atomic E-state index is 0.110. The first-order valence-corrected chi connectivity index (χ1v) is 6.31. The first-order chi connectivity index (χ1) is 10.8. The van der Waals surface area contributed by atoms with Gasteiger partial charge in [0.2, 0.25) is 0 Å². The third-order valence-corrected chi connectivity index (χ3v) is 3.13. The van der Waals surface area contributed by atoms with Gasteiger partial charge in [0.25, 0.3) is 11.1 Å². The summed E-state index contributed by atoms with van der Waals surface area (Å²) in [5.41, 5.74) is -0.843. The van der Waals surface area contributed by atoms with Crippen LogP contribution in [-0.4, -0.2) is 29.9 Å². The fourth-order valence-electron chi connectivity index (χ4n) is 2.25. The summed E-state index contributed by atoms with van der Waals surface area (Å²) >= 11 is 0. The summed E-state index contributed by atoms with van der Waals surface area (Å²) < 4.78 is 0. The maximum atomic E-state index is 12.2. The summed E-state index contributed by atoms with van der Waals surface area (Å²) in [4.78, 5) is 48.2. The molecule has 0 spiro atoms. The molecule has 0 unspecified atom stereocenters. The highest BCUT2D eigenvalue weighted by molar-refractivity contribution is 5.58. The average Bonchev–Trinajstić information content (AvgIpc) is 3.09. The zero-order valence-electron chi connectivity index (χ0n) is 11.0. The van der Waals surface area contributed by atoms with Crippen molar-refractivity contribution in [2.24, 2.45) is 0 Å². The van der Waals surface area contributed by atoms with Crippen LogP contribution in [0.5, 0.6) is 0 Å². The monoisotopic (exact) mass is 290 g/mol. The molecule has 2 aromatic heterocycles. The molecule has 0 aliphatic carbocycles. The van der Waals surface area contributed by atoms with Gasteiger partial charge in [-0.1, -0.05) is 0 Å². The van der Waals surface area contributed by atoms with E-state index >= 15 is 0 Å². The van der Waals surface area contributed by atoms with Crippen LogP contribution in [0.1, 0.15) is 0 Å². The van der Waals surface area contributed by atoms with E-state index in [-0.39, 0.29) is 33.5 Å². The number of hydrogen-bond donors (Lipinski definition) is 0. The Morgan fingerprint density at radius 3 is 1.32 bits per heavy atom. The third kappa shape index (κ3) is 1.71. The van der Waals surface area contributed by atoms with Gasteiger partial charge < -0.3 is 0 Å². The van der Waals surface area contributed by atoms with Crippen molar-refractivity contribution in [1.82, 2.24) is 29.9 Å². The van der Waals surface area contributed by atoms with Crippen molar-refractivity contribution in [2.75, 3.05) is 0 Å². The maximum Gasteiger partial charge on any atom is 0.280 e. The summed E-state index contributed by atoms with van der Waals surface area (Å²) in [5, 5.41) is 0.220. The molecule has 0 N–H and O–H groups in total. The first kappa shape index (κ1) is 12.3. The van der Waals surface area contributed by atoms with E-state index in [1.807, 2.05) is 0 Å². The molecular formula is C14H6N6O2. The summed E-state index contributed by atoms with van der Waals surface area (Å²) in [7, 11) is 0. The van der Waals surface area contributed by atoms with Gasteiger partial charge >= 0.3 is 0 Å². The second kappa shape index (κ2) is 4.55. The van der Waals surface area contributed by atoms with E-state index in [1.54, 1.807) is 12.1 Å². The van der Waals surface area contributed by atoms with Gasteiger partial charge in [-0.25, -0.2) is 29.9 Å². The highest BCUT2D eigenvalue weighted by Crippen LogP contribution is 2.16. The molecule has 8 nitrogen and oxygen atoms in total. The fraction of sp³-hybridized carbons (Fsp3) is 0. The van der Waals surface area contributed by atoms with Crippen LogP contribution in [0.4, 0.5) is 0 Å². The quantitative estimate of drug-likeness (QED) is 0.495. The Morgan fingerprint density at radius 1 is 0.591 bits per heavy atom. The normalized spacial score (nSPS) is 11.1. The highest BCUT2D eigenvalue weighted by atomic mass is 16.1. The van der Waals surface area contributed by atoms with Crippen LogP contribution in [0.25, 0.3) is 23.0 Å². The summed E-state index contributed by atoms with van der Waals surface area (Å²) in [6, 6.07) is 3.26. The molecule has 104 valence electrons. The summed E-state index contributed by atoms with van der Waals surface area (Å²) in [6.45, 7) is 0. The zero-order chi connectivity index (χ0) is 15.1. The molecule has 4 heterocycles. The number of aromatic nitrogens is 6. The van der Waals surface area contributed by atoms with Crippen LogP contribution < -0.4 is 11.1 Å². The Balaban J connectivity index is 2.12. The molecule has 0 amide bonds. The molecule has 2 aliphatic heterocycles. The Morgan fingerprint density at radius 2 is 0.955 bits per heavy atom. The number of hydrogen-bond acceptors (Lipinski definition) is 8. The molecule has 0 fully saturated rings. The molecule has 0 bridgehead atoms. The standard InChI is InChI=1S/C14H6N6O2/c21-13-7-8(10(20-13)12-17-5-2-6-18-12)14(22)19-9(7)11-15-3-1-4-16-11/h1-6H. The van der Waals surface area contributed by atoms with Crippen LogP contribution in [0.2, 0.25) is 0 Å². The predicted molar refractivity (Wildman–Crippen MR) is 74.3 cm³/mol. The molecule has 2 aliphatic rings. The Bertz CT molecular complexity index is 1010. The zero-order valence-corrected chi connectivity index (χ0v) is 11.0. The number of rotatable bonds is 2. The molecule has 22 heavy (non-hydrogen) atoms. The van der Waals surface area contributed by atoms with E-state index in [1.165, 1.54) is 24.8 Å². The fourth-order valence-corrected chi connectivity index (χ4v) is 2.25. The van der Waals surface area contributed by atoms with E-state index in [4.69, 9.17) is 0 Å².